The van der Waals surface area contributed by atoms with Crippen molar-refractivity contribution in [1.29, 1.82) is 0 Å². The summed E-state index contributed by atoms with van der Waals surface area (Å²) in [5.74, 6) is 0. The number of unbranched alkanes of at least 4 members (excludes halogenated alkanes) is 1. The first-order valence-corrected chi connectivity index (χ1v) is 5.83. The Bertz CT molecular complexity index is 323. The molecule has 0 bridgehead atoms. The summed E-state index contributed by atoms with van der Waals surface area (Å²) in [5.41, 5.74) is 0. The second-order valence-electron chi connectivity index (χ2n) is 3.50. The van der Waals surface area contributed by atoms with E-state index in [4.69, 9.17) is 0 Å². The average Bonchev–Trinajstić information content (AvgIpc) is 2.34. The molecule has 0 heterocycles. The molecule has 0 unspecified atom stereocenters. The van der Waals surface area contributed by atoms with Gasteiger partial charge >= 0.3 is 6.16 Å². The lowest BCUT2D eigenvalue weighted by Gasteiger charge is -2.13. The summed E-state index contributed by atoms with van der Waals surface area (Å²) < 4.78 is 9.19. The van der Waals surface area contributed by atoms with E-state index in [1.807, 2.05) is 0 Å². The van der Waals surface area contributed by atoms with Gasteiger partial charge in [0.2, 0.25) is 0 Å². The van der Waals surface area contributed by atoms with Crippen LogP contribution in [0.5, 0.6) is 0 Å². The maximum atomic E-state index is 10.8. The predicted octanol–water partition coefficient (Wildman–Crippen LogP) is 1.11. The van der Waals surface area contributed by atoms with E-state index in [0.717, 1.165) is 0 Å². The van der Waals surface area contributed by atoms with Crippen molar-refractivity contribution in [1.82, 2.24) is 0 Å². The normalized spacial score (nSPS) is 11.2. The third-order valence-electron chi connectivity index (χ3n) is 2.00. The maximum Gasteiger partial charge on any atom is 0.508 e. The molecule has 0 aromatic carbocycles. The summed E-state index contributed by atoms with van der Waals surface area (Å²) in [4.78, 5) is 39.2. The fraction of sp³-hybridized carbons (Fsp3) is 0.889. The first-order chi connectivity index (χ1) is 9.45. The van der Waals surface area contributed by atoms with E-state index < -0.39 is 29.0 Å². The van der Waals surface area contributed by atoms with Gasteiger partial charge in [-0.25, -0.2) is 4.79 Å². The molecular weight excluding hydrogens is 280 g/mol. The molecule has 116 valence electrons. The van der Waals surface area contributed by atoms with Crippen molar-refractivity contribution >= 4 is 6.16 Å². The number of hydrogen-bond acceptors (Lipinski definition) is 9. The highest BCUT2D eigenvalue weighted by Crippen LogP contribution is 2.07. The van der Waals surface area contributed by atoms with Crippen molar-refractivity contribution in [3.05, 3.63) is 20.2 Å². The van der Waals surface area contributed by atoms with Crippen LogP contribution in [0.25, 0.3) is 0 Å². The molecule has 0 fully saturated rings. The van der Waals surface area contributed by atoms with Crippen molar-refractivity contribution in [3.63, 3.8) is 0 Å². The van der Waals surface area contributed by atoms with Gasteiger partial charge in [-0.15, -0.1) is 20.2 Å². The lowest BCUT2D eigenvalue weighted by molar-refractivity contribution is -0.790. The van der Waals surface area contributed by atoms with Gasteiger partial charge in [-0.05, 0) is 26.2 Å². The molecule has 11 heteroatoms. The fourth-order valence-corrected chi connectivity index (χ4v) is 1.22. The third kappa shape index (κ3) is 10.8. The molecule has 0 amide bonds. The second-order valence-corrected chi connectivity index (χ2v) is 3.50. The lowest BCUT2D eigenvalue weighted by Crippen LogP contribution is -2.24. The highest BCUT2D eigenvalue weighted by atomic mass is 17.0. The van der Waals surface area contributed by atoms with Crippen molar-refractivity contribution in [3.8, 4) is 0 Å². The zero-order chi connectivity index (χ0) is 15.4. The first-order valence-electron chi connectivity index (χ1n) is 5.83. The second kappa shape index (κ2) is 10.6. The Morgan fingerprint density at radius 1 is 1.15 bits per heavy atom. The molecule has 0 rings (SSSR count). The molecule has 0 radical (unpaired) electrons. The predicted molar refractivity (Wildman–Crippen MR) is 61.6 cm³/mol. The molecule has 0 aliphatic heterocycles. The van der Waals surface area contributed by atoms with E-state index >= 15 is 0 Å². The Morgan fingerprint density at radius 3 is 2.40 bits per heavy atom. The zero-order valence-corrected chi connectivity index (χ0v) is 10.9. The van der Waals surface area contributed by atoms with Crippen LogP contribution in [0.3, 0.4) is 0 Å². The average molecular weight is 296 g/mol. The van der Waals surface area contributed by atoms with Crippen LogP contribution in [-0.4, -0.2) is 42.3 Å². The lowest BCUT2D eigenvalue weighted by atomic mass is 10.2. The smallest absolute Gasteiger partial charge is 0.435 e. The molecule has 0 saturated carbocycles. The Balaban J connectivity index is 3.80. The molecule has 0 aromatic rings. The number of carbonyl (C=O) groups is 1. The minimum Gasteiger partial charge on any atom is -0.435 e. The molecule has 0 aromatic heterocycles. The minimum absolute atomic E-state index is 0.0834. The summed E-state index contributed by atoms with van der Waals surface area (Å²) in [6, 6.07) is 0. The number of rotatable bonds is 11. The van der Waals surface area contributed by atoms with Gasteiger partial charge in [0, 0.05) is 0 Å². The van der Waals surface area contributed by atoms with Crippen LogP contribution in [0, 0.1) is 20.2 Å². The van der Waals surface area contributed by atoms with E-state index in [2.05, 4.69) is 19.1 Å². The van der Waals surface area contributed by atoms with Gasteiger partial charge in [0.15, 0.2) is 0 Å². The largest absolute Gasteiger partial charge is 0.508 e. The van der Waals surface area contributed by atoms with Crippen LogP contribution < -0.4 is 0 Å². The molecule has 0 spiro atoms. The SMILES string of the molecule is CCOC(=O)OCCCC[C@H](CO[N+](=O)[O-])O[N+](=O)[O-]. The van der Waals surface area contributed by atoms with Gasteiger partial charge in [0.1, 0.15) is 12.7 Å². The maximum absolute atomic E-state index is 10.8. The van der Waals surface area contributed by atoms with E-state index in [-0.39, 0.29) is 19.6 Å². The topological polar surface area (TPSA) is 140 Å². The Hall–Kier alpha value is -2.33. The Labute approximate surface area is 113 Å². The van der Waals surface area contributed by atoms with Crippen LogP contribution in [0.15, 0.2) is 0 Å². The minimum atomic E-state index is -1.06. The number of ether oxygens (including phenoxy) is 2. The van der Waals surface area contributed by atoms with Crippen molar-refractivity contribution in [2.24, 2.45) is 0 Å². The van der Waals surface area contributed by atoms with Gasteiger partial charge in [-0.3, -0.25) is 0 Å². The van der Waals surface area contributed by atoms with Crippen molar-refractivity contribution in [2.45, 2.75) is 32.3 Å². The van der Waals surface area contributed by atoms with E-state index in [1.165, 1.54) is 0 Å². The van der Waals surface area contributed by atoms with Crippen LogP contribution in [0.2, 0.25) is 0 Å². The van der Waals surface area contributed by atoms with Crippen LogP contribution >= 0.6 is 0 Å². The number of hydrogen-bond donors (Lipinski definition) is 0. The van der Waals surface area contributed by atoms with Gasteiger partial charge in [0.25, 0.3) is 10.2 Å². The van der Waals surface area contributed by atoms with Gasteiger partial charge < -0.3 is 19.1 Å². The standard InChI is InChI=1S/C9H16N2O9/c1-2-17-9(12)18-6-4-3-5-8(20-11(15)16)7-19-10(13)14/h8H,2-7H2,1H3/t8-/m1/s1. The Morgan fingerprint density at radius 2 is 1.85 bits per heavy atom. The van der Waals surface area contributed by atoms with Gasteiger partial charge in [-0.1, -0.05) is 0 Å². The van der Waals surface area contributed by atoms with Crippen molar-refractivity contribution < 1.29 is 34.1 Å². The third-order valence-corrected chi connectivity index (χ3v) is 2.00. The Kier molecular flexibility index (Phi) is 9.35. The number of nitrogens with zero attached hydrogens (tertiary/aromatic N) is 2. The molecule has 0 aliphatic rings. The van der Waals surface area contributed by atoms with Crippen LogP contribution in [0.4, 0.5) is 4.79 Å². The summed E-state index contributed by atoms with van der Waals surface area (Å²) in [7, 11) is 0. The van der Waals surface area contributed by atoms with Crippen molar-refractivity contribution in [2.75, 3.05) is 19.8 Å². The molecule has 0 N–H and O–H groups in total. The fourth-order valence-electron chi connectivity index (χ4n) is 1.22. The highest BCUT2D eigenvalue weighted by Gasteiger charge is 2.15. The van der Waals surface area contributed by atoms with E-state index in [9.17, 15) is 25.0 Å². The zero-order valence-electron chi connectivity index (χ0n) is 10.9. The molecule has 0 saturated heterocycles. The summed E-state index contributed by atoms with van der Waals surface area (Å²) in [6.45, 7) is 1.39. The molecule has 0 aliphatic carbocycles. The van der Waals surface area contributed by atoms with E-state index in [0.29, 0.717) is 12.8 Å². The summed E-state index contributed by atoms with van der Waals surface area (Å²) in [6.07, 6.45) is -0.866. The van der Waals surface area contributed by atoms with Crippen LogP contribution in [0.1, 0.15) is 26.2 Å². The molecule has 20 heavy (non-hydrogen) atoms. The molecular formula is C9H16N2O9. The monoisotopic (exact) mass is 296 g/mol. The quantitative estimate of drug-likeness (QED) is 0.237. The molecule has 11 nitrogen and oxygen atoms in total. The summed E-state index contributed by atoms with van der Waals surface area (Å²) >= 11 is 0. The summed E-state index contributed by atoms with van der Waals surface area (Å²) in [5, 5.41) is 18.1. The van der Waals surface area contributed by atoms with Crippen LogP contribution in [-0.2, 0) is 19.1 Å². The van der Waals surface area contributed by atoms with Gasteiger partial charge in [-0.2, -0.15) is 0 Å². The number of carbonyl (C=O) groups excluding carboxylic acids is 1. The van der Waals surface area contributed by atoms with Gasteiger partial charge in [0.05, 0.1) is 13.2 Å². The first kappa shape index (κ1) is 17.7. The molecule has 1 atom stereocenters. The van der Waals surface area contributed by atoms with E-state index in [1.54, 1.807) is 6.92 Å². The highest BCUT2D eigenvalue weighted by molar-refractivity contribution is 5.59.